The number of benzene rings is 2. The van der Waals surface area contributed by atoms with Gasteiger partial charge in [-0.2, -0.15) is 0 Å². The summed E-state index contributed by atoms with van der Waals surface area (Å²) >= 11 is 7.45. The Bertz CT molecular complexity index is 766. The molecule has 0 aliphatic heterocycles. The van der Waals surface area contributed by atoms with Gasteiger partial charge in [-0.1, -0.05) is 41.9 Å². The monoisotopic (exact) mass is 318 g/mol. The van der Waals surface area contributed by atoms with Crippen molar-refractivity contribution in [3.05, 3.63) is 63.3 Å². The highest BCUT2D eigenvalue weighted by Gasteiger charge is 2.18. The van der Waals surface area contributed by atoms with Crippen LogP contribution in [0, 0.1) is 0 Å². The normalized spacial score (nSPS) is 12.5. The number of aliphatic hydroxyl groups excluding tert-OH is 1. The Morgan fingerprint density at radius 1 is 1.14 bits per heavy atom. The maximum Gasteiger partial charge on any atom is 0.125 e. The number of thiophene rings is 1. The SMILES string of the molecule is COc1ccc2ccccc2c1C(O)Cc1ccc(Cl)s1. The predicted octanol–water partition coefficient (Wildman–Crippen LogP) is 4.84. The van der Waals surface area contributed by atoms with Crippen molar-refractivity contribution in [1.29, 1.82) is 0 Å². The maximum atomic E-state index is 10.7. The molecule has 0 radical (unpaired) electrons. The molecule has 4 heteroatoms. The van der Waals surface area contributed by atoms with E-state index < -0.39 is 6.10 Å². The second-order valence-electron chi connectivity index (χ2n) is 4.83. The molecule has 0 bridgehead atoms. The summed E-state index contributed by atoms with van der Waals surface area (Å²) in [5, 5.41) is 12.8. The Kier molecular flexibility index (Phi) is 4.15. The van der Waals surface area contributed by atoms with Crippen molar-refractivity contribution < 1.29 is 9.84 Å². The van der Waals surface area contributed by atoms with Crippen LogP contribution in [0.5, 0.6) is 5.75 Å². The van der Waals surface area contributed by atoms with Crippen LogP contribution in [0.1, 0.15) is 16.5 Å². The van der Waals surface area contributed by atoms with E-state index in [0.717, 1.165) is 25.5 Å². The summed E-state index contributed by atoms with van der Waals surface area (Å²) in [4.78, 5) is 1.06. The van der Waals surface area contributed by atoms with Crippen molar-refractivity contribution in [3.8, 4) is 5.75 Å². The molecule has 0 saturated heterocycles. The van der Waals surface area contributed by atoms with E-state index in [1.54, 1.807) is 7.11 Å². The Balaban J connectivity index is 2.04. The molecule has 1 atom stereocenters. The molecule has 0 aliphatic carbocycles. The van der Waals surface area contributed by atoms with Gasteiger partial charge in [-0.15, -0.1) is 11.3 Å². The van der Waals surface area contributed by atoms with E-state index in [0.29, 0.717) is 12.2 Å². The van der Waals surface area contributed by atoms with E-state index in [2.05, 4.69) is 0 Å². The molecular weight excluding hydrogens is 304 g/mol. The lowest BCUT2D eigenvalue weighted by Gasteiger charge is -2.17. The number of methoxy groups -OCH3 is 1. The number of hydrogen-bond acceptors (Lipinski definition) is 3. The lowest BCUT2D eigenvalue weighted by atomic mass is 9.97. The summed E-state index contributed by atoms with van der Waals surface area (Å²) < 4.78 is 6.17. The van der Waals surface area contributed by atoms with Crippen LogP contribution in [-0.4, -0.2) is 12.2 Å². The van der Waals surface area contributed by atoms with Gasteiger partial charge in [-0.25, -0.2) is 0 Å². The average Bonchev–Trinajstić information content (AvgIpc) is 2.90. The minimum atomic E-state index is -0.624. The third kappa shape index (κ3) is 2.91. The van der Waals surface area contributed by atoms with Gasteiger partial charge in [0.05, 0.1) is 17.6 Å². The zero-order valence-corrected chi connectivity index (χ0v) is 13.1. The van der Waals surface area contributed by atoms with E-state index in [-0.39, 0.29) is 0 Å². The van der Waals surface area contributed by atoms with E-state index in [4.69, 9.17) is 16.3 Å². The first-order valence-corrected chi connectivity index (χ1v) is 7.86. The topological polar surface area (TPSA) is 29.5 Å². The van der Waals surface area contributed by atoms with Gasteiger partial charge >= 0.3 is 0 Å². The fraction of sp³-hybridized carbons (Fsp3) is 0.176. The fourth-order valence-corrected chi connectivity index (χ4v) is 3.68. The summed E-state index contributed by atoms with van der Waals surface area (Å²) in [6, 6.07) is 15.7. The Hall–Kier alpha value is -1.55. The van der Waals surface area contributed by atoms with Crippen LogP contribution in [0.4, 0.5) is 0 Å². The van der Waals surface area contributed by atoms with Gasteiger partial charge in [0.25, 0.3) is 0 Å². The minimum Gasteiger partial charge on any atom is -0.496 e. The molecule has 108 valence electrons. The number of hydrogen-bond donors (Lipinski definition) is 1. The van der Waals surface area contributed by atoms with Gasteiger partial charge in [-0.3, -0.25) is 0 Å². The van der Waals surface area contributed by atoms with Gasteiger partial charge in [0.2, 0.25) is 0 Å². The fourth-order valence-electron chi connectivity index (χ4n) is 2.55. The first-order chi connectivity index (χ1) is 10.2. The van der Waals surface area contributed by atoms with Crippen LogP contribution < -0.4 is 4.74 Å². The van der Waals surface area contributed by atoms with E-state index in [1.807, 2.05) is 48.5 Å². The van der Waals surface area contributed by atoms with Crippen LogP contribution in [0.3, 0.4) is 0 Å². The van der Waals surface area contributed by atoms with Gasteiger partial charge < -0.3 is 9.84 Å². The molecule has 0 aliphatic rings. The highest BCUT2D eigenvalue weighted by atomic mass is 35.5. The van der Waals surface area contributed by atoms with Crippen molar-refractivity contribution in [2.75, 3.05) is 7.11 Å². The first kappa shape index (κ1) is 14.4. The zero-order chi connectivity index (χ0) is 14.8. The van der Waals surface area contributed by atoms with Crippen LogP contribution in [-0.2, 0) is 6.42 Å². The minimum absolute atomic E-state index is 0.530. The third-order valence-corrected chi connectivity index (χ3v) is 4.76. The smallest absolute Gasteiger partial charge is 0.125 e. The summed E-state index contributed by atoms with van der Waals surface area (Å²) in [5.74, 6) is 0.712. The molecule has 0 fully saturated rings. The number of fused-ring (bicyclic) bond motifs is 1. The Morgan fingerprint density at radius 3 is 2.67 bits per heavy atom. The molecule has 1 N–H and O–H groups in total. The summed E-state index contributed by atoms with van der Waals surface area (Å²) in [5.41, 5.74) is 0.833. The van der Waals surface area contributed by atoms with Crippen LogP contribution in [0.25, 0.3) is 10.8 Å². The third-order valence-electron chi connectivity index (χ3n) is 3.51. The second-order valence-corrected chi connectivity index (χ2v) is 6.63. The Morgan fingerprint density at radius 2 is 1.95 bits per heavy atom. The number of rotatable bonds is 4. The van der Waals surface area contributed by atoms with Crippen molar-refractivity contribution in [1.82, 2.24) is 0 Å². The van der Waals surface area contributed by atoms with E-state index >= 15 is 0 Å². The van der Waals surface area contributed by atoms with Crippen LogP contribution in [0.2, 0.25) is 4.34 Å². The lowest BCUT2D eigenvalue weighted by molar-refractivity contribution is 0.176. The van der Waals surface area contributed by atoms with Gasteiger partial charge in [-0.05, 0) is 29.0 Å². The first-order valence-electron chi connectivity index (χ1n) is 6.67. The number of ether oxygens (including phenoxy) is 1. The maximum absolute atomic E-state index is 10.7. The molecule has 1 heterocycles. The lowest BCUT2D eigenvalue weighted by Crippen LogP contribution is -2.04. The van der Waals surface area contributed by atoms with Crippen molar-refractivity contribution in [2.24, 2.45) is 0 Å². The molecule has 2 nitrogen and oxygen atoms in total. The average molecular weight is 319 g/mol. The van der Waals surface area contributed by atoms with Crippen molar-refractivity contribution in [3.63, 3.8) is 0 Å². The molecule has 1 aromatic heterocycles. The largest absolute Gasteiger partial charge is 0.496 e. The molecule has 3 aromatic rings. The molecule has 1 unspecified atom stereocenters. The molecule has 21 heavy (non-hydrogen) atoms. The van der Waals surface area contributed by atoms with Crippen LogP contribution in [0.15, 0.2) is 48.5 Å². The summed E-state index contributed by atoms with van der Waals surface area (Å²) in [6.45, 7) is 0. The van der Waals surface area contributed by atoms with E-state index in [1.165, 1.54) is 11.3 Å². The second kappa shape index (κ2) is 6.06. The molecule has 3 rings (SSSR count). The zero-order valence-electron chi connectivity index (χ0n) is 11.5. The highest BCUT2D eigenvalue weighted by molar-refractivity contribution is 7.16. The van der Waals surface area contributed by atoms with Gasteiger partial charge in [0.1, 0.15) is 5.75 Å². The number of aliphatic hydroxyl groups is 1. The molecule has 0 saturated carbocycles. The van der Waals surface area contributed by atoms with Crippen molar-refractivity contribution in [2.45, 2.75) is 12.5 Å². The Labute approximate surface area is 132 Å². The summed E-state index contributed by atoms with van der Waals surface area (Å²) in [7, 11) is 1.63. The number of halogens is 1. The summed E-state index contributed by atoms with van der Waals surface area (Å²) in [6.07, 6.45) is -0.0948. The quantitative estimate of drug-likeness (QED) is 0.746. The standard InChI is InChI=1S/C17H15ClO2S/c1-20-15-8-6-11-4-2-3-5-13(11)17(15)14(19)10-12-7-9-16(18)21-12/h2-9,14,19H,10H2,1H3. The molecule has 0 amide bonds. The van der Waals surface area contributed by atoms with Gasteiger partial charge in [0, 0.05) is 16.9 Å². The van der Waals surface area contributed by atoms with Crippen molar-refractivity contribution >= 4 is 33.7 Å². The predicted molar refractivity (Wildman–Crippen MR) is 88.5 cm³/mol. The highest BCUT2D eigenvalue weighted by Crippen LogP contribution is 2.35. The van der Waals surface area contributed by atoms with E-state index in [9.17, 15) is 5.11 Å². The van der Waals surface area contributed by atoms with Crippen LogP contribution >= 0.6 is 22.9 Å². The molecule has 0 spiro atoms. The molecule has 2 aromatic carbocycles. The van der Waals surface area contributed by atoms with Gasteiger partial charge in [0.15, 0.2) is 0 Å². The molecular formula is C17H15ClO2S.